The highest BCUT2D eigenvalue weighted by atomic mass is 32.2. The molecule has 0 aliphatic rings. The first kappa shape index (κ1) is 21.1. The van der Waals surface area contributed by atoms with E-state index in [2.05, 4.69) is 17.0 Å². The minimum atomic E-state index is -3.82. The zero-order valence-electron chi connectivity index (χ0n) is 16.2. The third-order valence-electron chi connectivity index (χ3n) is 4.55. The Morgan fingerprint density at radius 1 is 1.03 bits per heavy atom. The highest BCUT2D eigenvalue weighted by Crippen LogP contribution is 2.25. The molecule has 1 amide bonds. The standard InChI is InChI=1S/C22H20N4O3S/c1-14-7-10-16(13-19(14)21(23)18-5-3-4-6-20(18)25-2)26-22(27)15-8-11-17(12-9-15)30(24,28)29/h3-13,23H,2H2,1H3,(H,26,27)(H2,24,28,29). The SMILES string of the molecule is C=Nc1ccccc1C(=N)c1cc(NC(=O)c2ccc(S(N)(=O)=O)cc2)ccc1C. The molecule has 0 aliphatic carbocycles. The van der Waals surface area contributed by atoms with Crippen molar-refractivity contribution in [3.63, 3.8) is 0 Å². The van der Waals surface area contributed by atoms with E-state index < -0.39 is 15.9 Å². The van der Waals surface area contributed by atoms with Crippen LogP contribution < -0.4 is 10.5 Å². The van der Waals surface area contributed by atoms with Crippen LogP contribution in [-0.2, 0) is 10.0 Å². The first-order valence-electron chi connectivity index (χ1n) is 8.90. The number of aliphatic imine (C=N–C) groups is 1. The van der Waals surface area contributed by atoms with Crippen molar-refractivity contribution in [2.45, 2.75) is 11.8 Å². The molecule has 0 radical (unpaired) electrons. The molecule has 4 N–H and O–H groups in total. The quantitative estimate of drug-likeness (QED) is 0.527. The second-order valence-corrected chi connectivity index (χ2v) is 8.16. The van der Waals surface area contributed by atoms with Gasteiger partial charge in [0.2, 0.25) is 10.0 Å². The van der Waals surface area contributed by atoms with Crippen LogP contribution in [0.3, 0.4) is 0 Å². The Kier molecular flexibility index (Phi) is 5.91. The fourth-order valence-electron chi connectivity index (χ4n) is 2.94. The predicted octanol–water partition coefficient (Wildman–Crippen LogP) is 3.64. The van der Waals surface area contributed by atoms with E-state index in [0.717, 1.165) is 5.56 Å². The van der Waals surface area contributed by atoms with Crippen molar-refractivity contribution in [1.29, 1.82) is 5.41 Å². The van der Waals surface area contributed by atoms with Gasteiger partial charge < -0.3 is 5.32 Å². The Morgan fingerprint density at radius 2 is 1.70 bits per heavy atom. The van der Waals surface area contributed by atoms with Crippen LogP contribution in [0.2, 0.25) is 0 Å². The van der Waals surface area contributed by atoms with E-state index in [4.69, 9.17) is 10.5 Å². The average Bonchev–Trinajstić information content (AvgIpc) is 2.74. The van der Waals surface area contributed by atoms with Crippen molar-refractivity contribution in [1.82, 2.24) is 0 Å². The van der Waals surface area contributed by atoms with Crippen LogP contribution in [0, 0.1) is 12.3 Å². The highest BCUT2D eigenvalue weighted by molar-refractivity contribution is 7.89. The molecule has 3 rings (SSSR count). The van der Waals surface area contributed by atoms with Crippen molar-refractivity contribution in [3.05, 3.63) is 89.0 Å². The predicted molar refractivity (Wildman–Crippen MR) is 119 cm³/mol. The smallest absolute Gasteiger partial charge is 0.255 e. The zero-order chi connectivity index (χ0) is 21.9. The van der Waals surface area contributed by atoms with E-state index >= 15 is 0 Å². The van der Waals surface area contributed by atoms with Gasteiger partial charge in [-0.2, -0.15) is 0 Å². The third kappa shape index (κ3) is 4.51. The van der Waals surface area contributed by atoms with Gasteiger partial charge in [-0.1, -0.05) is 24.3 Å². The van der Waals surface area contributed by atoms with Crippen LogP contribution in [0.4, 0.5) is 11.4 Å². The molecule has 0 saturated carbocycles. The minimum absolute atomic E-state index is 0.0698. The number of rotatable bonds is 6. The van der Waals surface area contributed by atoms with Crippen molar-refractivity contribution in [2.24, 2.45) is 10.1 Å². The summed E-state index contributed by atoms with van der Waals surface area (Å²) >= 11 is 0. The summed E-state index contributed by atoms with van der Waals surface area (Å²) in [4.78, 5) is 16.4. The molecule has 0 fully saturated rings. The molecular weight excluding hydrogens is 400 g/mol. The topological polar surface area (TPSA) is 125 Å². The van der Waals surface area contributed by atoms with Gasteiger partial charge in [0.05, 0.1) is 16.3 Å². The van der Waals surface area contributed by atoms with E-state index in [-0.39, 0.29) is 16.2 Å². The first-order valence-corrected chi connectivity index (χ1v) is 10.5. The van der Waals surface area contributed by atoms with E-state index in [0.29, 0.717) is 22.5 Å². The number of anilines is 1. The molecule has 8 heteroatoms. The third-order valence-corrected chi connectivity index (χ3v) is 5.48. The lowest BCUT2D eigenvalue weighted by Crippen LogP contribution is -2.15. The molecule has 0 saturated heterocycles. The fourth-order valence-corrected chi connectivity index (χ4v) is 3.45. The highest BCUT2D eigenvalue weighted by Gasteiger charge is 2.14. The van der Waals surface area contributed by atoms with Crippen LogP contribution in [-0.4, -0.2) is 26.8 Å². The van der Waals surface area contributed by atoms with E-state index in [9.17, 15) is 13.2 Å². The summed E-state index contributed by atoms with van der Waals surface area (Å²) in [7, 11) is -3.82. The zero-order valence-corrected chi connectivity index (χ0v) is 17.0. The molecule has 0 unspecified atom stereocenters. The number of hydrogen-bond acceptors (Lipinski definition) is 5. The number of primary sulfonamides is 1. The van der Waals surface area contributed by atoms with Gasteiger partial charge >= 0.3 is 0 Å². The number of carbonyl (C=O) groups is 1. The number of benzene rings is 3. The summed E-state index contributed by atoms with van der Waals surface area (Å²) in [5.41, 5.74) is 3.81. The lowest BCUT2D eigenvalue weighted by Gasteiger charge is -2.13. The Bertz CT molecular complexity index is 1250. The molecule has 0 bridgehead atoms. The monoisotopic (exact) mass is 420 g/mol. The number of sulfonamides is 1. The number of nitrogens with two attached hydrogens (primary N) is 1. The maximum atomic E-state index is 12.5. The van der Waals surface area contributed by atoms with Gasteiger partial charge in [-0.15, -0.1) is 0 Å². The van der Waals surface area contributed by atoms with Crippen molar-refractivity contribution in [2.75, 3.05) is 5.32 Å². The molecule has 30 heavy (non-hydrogen) atoms. The van der Waals surface area contributed by atoms with Crippen molar-refractivity contribution >= 4 is 39.7 Å². The molecule has 0 aliphatic heterocycles. The van der Waals surface area contributed by atoms with Crippen molar-refractivity contribution in [3.8, 4) is 0 Å². The number of carbonyl (C=O) groups excluding carboxylic acids is 1. The summed E-state index contributed by atoms with van der Waals surface area (Å²) in [6.07, 6.45) is 0. The average molecular weight is 420 g/mol. The molecule has 0 atom stereocenters. The summed E-state index contributed by atoms with van der Waals surface area (Å²) < 4.78 is 22.7. The maximum absolute atomic E-state index is 12.5. The molecule has 3 aromatic rings. The first-order chi connectivity index (χ1) is 14.2. The number of amides is 1. The summed E-state index contributed by atoms with van der Waals surface area (Å²) in [5, 5.41) is 16.5. The van der Waals surface area contributed by atoms with E-state index in [1.807, 2.05) is 25.1 Å². The van der Waals surface area contributed by atoms with Gasteiger partial charge in [0, 0.05) is 22.4 Å². The van der Waals surface area contributed by atoms with Gasteiger partial charge in [0.1, 0.15) is 0 Å². The second kappa shape index (κ2) is 8.40. The Morgan fingerprint density at radius 3 is 2.33 bits per heavy atom. The second-order valence-electron chi connectivity index (χ2n) is 6.60. The van der Waals surface area contributed by atoms with E-state index in [1.54, 1.807) is 24.3 Å². The minimum Gasteiger partial charge on any atom is -0.322 e. The van der Waals surface area contributed by atoms with Gasteiger partial charge in [0.25, 0.3) is 5.91 Å². The van der Waals surface area contributed by atoms with Crippen LogP contribution in [0.1, 0.15) is 27.0 Å². The molecule has 3 aromatic carbocycles. The Labute approximate surface area is 174 Å². The van der Waals surface area contributed by atoms with Gasteiger partial charge in [-0.25, -0.2) is 13.6 Å². The summed E-state index contributed by atoms with van der Waals surface area (Å²) in [6.45, 7) is 5.43. The lowest BCUT2D eigenvalue weighted by atomic mass is 9.96. The largest absolute Gasteiger partial charge is 0.322 e. The van der Waals surface area contributed by atoms with E-state index in [1.165, 1.54) is 24.3 Å². The van der Waals surface area contributed by atoms with Crippen LogP contribution in [0.25, 0.3) is 0 Å². The lowest BCUT2D eigenvalue weighted by molar-refractivity contribution is 0.102. The number of aryl methyl sites for hydroxylation is 1. The summed E-state index contributed by atoms with van der Waals surface area (Å²) in [5.74, 6) is -0.412. The van der Waals surface area contributed by atoms with Crippen molar-refractivity contribution < 1.29 is 13.2 Å². The molecule has 152 valence electrons. The Balaban J connectivity index is 1.87. The number of nitrogens with zero attached hydrogens (tertiary/aromatic N) is 1. The molecule has 0 spiro atoms. The Hall–Kier alpha value is -3.62. The maximum Gasteiger partial charge on any atom is 0.255 e. The van der Waals surface area contributed by atoms with Gasteiger partial charge in [0.15, 0.2) is 0 Å². The normalized spacial score (nSPS) is 11.0. The van der Waals surface area contributed by atoms with Gasteiger partial charge in [-0.3, -0.25) is 15.2 Å². The molecule has 0 heterocycles. The number of para-hydroxylation sites is 1. The number of nitrogens with one attached hydrogen (secondary N) is 2. The van der Waals surface area contributed by atoms with Crippen LogP contribution >= 0.6 is 0 Å². The van der Waals surface area contributed by atoms with Crippen LogP contribution in [0.15, 0.2) is 76.6 Å². The molecular formula is C22H20N4O3S. The van der Waals surface area contributed by atoms with Gasteiger partial charge in [-0.05, 0) is 61.7 Å². The summed E-state index contributed by atoms with van der Waals surface area (Å²) in [6, 6.07) is 17.8. The fraction of sp³-hybridized carbons (Fsp3) is 0.0455. The number of hydrogen-bond donors (Lipinski definition) is 3. The molecule has 0 aromatic heterocycles. The molecule has 7 nitrogen and oxygen atoms in total. The van der Waals surface area contributed by atoms with Crippen LogP contribution in [0.5, 0.6) is 0 Å².